The van der Waals surface area contributed by atoms with E-state index in [0.29, 0.717) is 61.6 Å². The molecule has 75 heavy (non-hydrogen) atoms. The first-order valence-corrected chi connectivity index (χ1v) is 30.5. The van der Waals surface area contributed by atoms with Gasteiger partial charge in [-0.15, -0.1) is 9.24 Å². The van der Waals surface area contributed by atoms with Crippen LogP contribution in [0.5, 0.6) is 11.5 Å². The van der Waals surface area contributed by atoms with Gasteiger partial charge in [0.05, 0.1) is 38.4 Å². The van der Waals surface area contributed by atoms with E-state index in [0.717, 1.165) is 71.9 Å². The summed E-state index contributed by atoms with van der Waals surface area (Å²) in [5.41, 5.74) is 4.10. The number of hydrogen-bond donors (Lipinski definition) is 5. The maximum Gasteiger partial charge on any atom is 0.322 e. The number of carbonyl (C=O) groups excluding carboxylic acids is 3. The normalized spacial score (nSPS) is 14.3. The van der Waals surface area contributed by atoms with Crippen LogP contribution < -0.4 is 31.0 Å². The molecule has 0 fully saturated rings. The second kappa shape index (κ2) is 35.4. The fourth-order valence-corrected chi connectivity index (χ4v) is 11.3. The van der Waals surface area contributed by atoms with E-state index in [-0.39, 0.29) is 59.7 Å². The van der Waals surface area contributed by atoms with E-state index < -0.39 is 36.7 Å². The summed E-state index contributed by atoms with van der Waals surface area (Å²) in [7, 11) is 2.71. The van der Waals surface area contributed by atoms with Crippen LogP contribution in [0.25, 0.3) is 0 Å². The molecule has 6 unspecified atom stereocenters. The minimum atomic E-state index is -1.17. The number of rotatable bonds is 30. The number of carbonyl (C=O) groups is 3. The molecule has 0 saturated heterocycles. The zero-order valence-electron chi connectivity index (χ0n) is 46.0. The first kappa shape index (κ1) is 63.6. The second-order valence-corrected chi connectivity index (χ2v) is 27.5. The molecular formula is C55H73Br3NO10P3S3. The molecule has 0 aliphatic carbocycles. The molecule has 0 saturated carbocycles. The maximum absolute atomic E-state index is 12.9. The Bertz CT molecular complexity index is 2470. The Kier molecular flexibility index (Phi) is 30.0. The van der Waals surface area contributed by atoms with Crippen molar-refractivity contribution in [3.63, 3.8) is 0 Å². The number of ether oxygens (including phenoxy) is 5. The van der Waals surface area contributed by atoms with Crippen molar-refractivity contribution in [2.75, 3.05) is 49.5 Å². The molecule has 0 amide bonds. The van der Waals surface area contributed by atoms with Gasteiger partial charge in [-0.2, -0.15) is 37.6 Å². The van der Waals surface area contributed by atoms with E-state index in [4.69, 9.17) is 27.1 Å². The number of benzene rings is 4. The molecule has 0 radical (unpaired) electrons. The lowest BCUT2D eigenvalue weighted by Crippen LogP contribution is -3.00. The van der Waals surface area contributed by atoms with Gasteiger partial charge in [0, 0.05) is 47.9 Å². The minimum Gasteiger partial charge on any atom is -1.00 e. The highest BCUT2D eigenvalue weighted by atomic mass is 79.9. The van der Waals surface area contributed by atoms with E-state index in [9.17, 15) is 24.6 Å². The summed E-state index contributed by atoms with van der Waals surface area (Å²) in [5, 5.41) is 20.6. The van der Waals surface area contributed by atoms with Crippen LogP contribution >= 0.6 is 95.9 Å². The van der Waals surface area contributed by atoms with Gasteiger partial charge in [-0.05, 0) is 87.6 Å². The monoisotopic (exact) mass is 1340 g/mol. The van der Waals surface area contributed by atoms with Crippen LogP contribution in [0.2, 0.25) is 0 Å². The fourth-order valence-electron chi connectivity index (χ4n) is 7.21. The summed E-state index contributed by atoms with van der Waals surface area (Å²) in [5.74, 6) is 0.231. The Morgan fingerprint density at radius 3 is 1.37 bits per heavy atom. The quantitative estimate of drug-likeness (QED) is 0.00576. The predicted molar refractivity (Wildman–Crippen MR) is 323 cm³/mol. The van der Waals surface area contributed by atoms with Gasteiger partial charge in [0.1, 0.15) is 34.2 Å². The lowest BCUT2D eigenvalue weighted by atomic mass is 9.83. The number of pyridine rings is 1. The first-order chi connectivity index (χ1) is 36.7. The lowest BCUT2D eigenvalue weighted by Gasteiger charge is -2.30. The third-order valence-corrected chi connectivity index (χ3v) is 15.2. The summed E-state index contributed by atoms with van der Waals surface area (Å²) in [6.07, 6.45) is 5.91. The summed E-state index contributed by atoms with van der Waals surface area (Å²) in [6, 6.07) is 39.6. The zero-order chi connectivity index (χ0) is 56.8. The van der Waals surface area contributed by atoms with Crippen molar-refractivity contribution in [1.82, 2.24) is 0 Å². The molecule has 5 rings (SSSR count). The Morgan fingerprint density at radius 2 is 0.960 bits per heavy atom. The Hall–Kier alpha value is -2.26. The molecule has 0 bridgehead atoms. The molecule has 412 valence electrons. The van der Waals surface area contributed by atoms with Gasteiger partial charge in [0.2, 0.25) is 0 Å². The number of thiol groups is 3. The van der Waals surface area contributed by atoms with E-state index >= 15 is 0 Å². The molecule has 11 nitrogen and oxygen atoms in total. The third-order valence-electron chi connectivity index (χ3n) is 11.0. The summed E-state index contributed by atoms with van der Waals surface area (Å²) >= 11 is 9.76. The van der Waals surface area contributed by atoms with Crippen molar-refractivity contribution in [1.29, 1.82) is 3.37 Å². The molecule has 0 aliphatic heterocycles. The van der Waals surface area contributed by atoms with Crippen molar-refractivity contribution in [3.8, 4) is 11.5 Å². The van der Waals surface area contributed by atoms with Crippen molar-refractivity contribution >= 4 is 114 Å². The number of hydrogen-bond acceptors (Lipinski definition) is 13. The Balaban J connectivity index is 0.000000528. The number of alkyl halides is 2. The predicted octanol–water partition coefficient (Wildman–Crippen LogP) is 8.93. The molecule has 0 aliphatic rings. The van der Waals surface area contributed by atoms with Crippen molar-refractivity contribution in [2.45, 2.75) is 86.2 Å². The number of aliphatic hydroxyl groups is 2. The van der Waals surface area contributed by atoms with E-state index in [1.165, 1.54) is 0 Å². The maximum atomic E-state index is 12.9. The van der Waals surface area contributed by atoms with Gasteiger partial charge in [0.15, 0.2) is 18.9 Å². The standard InChI is InChI=1S/C33H41BrNO6PS.C21H26BrO4PS.CH5PS.BrH/c1-31(2,24-32(3,34)30(37)41-21-10-20-35-18-8-5-9-19-35)29(36)40-23-11-22-39-28-16-14-27(15-17-28)33(38,42-25-43)26-12-6-4-7-13-26;1-20(2,22)19(23)26-14-6-13-25-18-11-9-17(10-12-18)21(24,27-15-28)16-7-4-3-5-8-16;2-1-3;/h4-9,12-19,38,42H,10-11,20-25H2,1-3H3;3-5,7-12,24,27-28H,6,13-15H2,1-2H3;3H,1-2H2;1H/i/hD3. The highest BCUT2D eigenvalue weighted by Crippen LogP contribution is 2.47. The SMILES string of the molecule is [2H]SCP.[2H]SCPC(O)(c1ccccc1)c1ccc(OCCCOC(=O)C(C)(C)Br)cc1.[2H]SCPC(O)(c1ccccc1)c1ccc(OCCCOC(=O)C(C)(C)CC(C)(Br)C(=O)OCCC[n+]2ccccc2)cc1.[Br-]. The first-order valence-electron chi connectivity index (χ1n) is 25.2. The molecule has 1 aromatic heterocycles. The molecular weight excluding hydrogens is 1260 g/mol. The summed E-state index contributed by atoms with van der Waals surface area (Å²) < 4.78 is 49.2. The second-order valence-electron chi connectivity index (χ2n) is 18.0. The molecule has 2 N–H and O–H groups in total. The summed E-state index contributed by atoms with van der Waals surface area (Å²) in [6.45, 7) is 11.0. The minimum absolute atomic E-state index is 0. The highest BCUT2D eigenvalue weighted by molar-refractivity contribution is 9.10. The number of aryl methyl sites for hydroxylation is 1. The van der Waals surface area contributed by atoms with Gasteiger partial charge in [-0.1, -0.05) is 140 Å². The van der Waals surface area contributed by atoms with Crippen LogP contribution in [-0.4, -0.2) is 89.7 Å². The number of nitrogens with zero attached hydrogens (tertiary/aromatic N) is 1. The number of halogens is 3. The average molecular weight is 1340 g/mol. The van der Waals surface area contributed by atoms with Crippen molar-refractivity contribution in [2.24, 2.45) is 5.41 Å². The van der Waals surface area contributed by atoms with E-state index in [2.05, 4.69) is 41.1 Å². The van der Waals surface area contributed by atoms with Crippen molar-refractivity contribution in [3.05, 3.63) is 162 Å². The number of esters is 3. The number of aromatic nitrogens is 1. The van der Waals surface area contributed by atoms with Crippen LogP contribution in [0.3, 0.4) is 0 Å². The molecule has 5 aromatic rings. The highest BCUT2D eigenvalue weighted by Gasteiger charge is 2.42. The Labute approximate surface area is 497 Å². The largest absolute Gasteiger partial charge is 1.00 e. The average Bonchev–Trinajstić information content (AvgIpc) is 3.44. The zero-order valence-corrected chi connectivity index (χ0v) is 53.4. The molecule has 20 heteroatoms. The molecule has 4 aromatic carbocycles. The Morgan fingerprint density at radius 1 is 0.573 bits per heavy atom. The van der Waals surface area contributed by atoms with Gasteiger partial charge >= 0.3 is 17.9 Å². The molecule has 6 atom stereocenters. The summed E-state index contributed by atoms with van der Waals surface area (Å²) in [4.78, 5) is 37.3. The van der Waals surface area contributed by atoms with Gasteiger partial charge in [0.25, 0.3) is 0 Å². The van der Waals surface area contributed by atoms with Crippen LogP contribution in [-0.2, 0) is 45.8 Å². The molecule has 1 heterocycles. The lowest BCUT2D eigenvalue weighted by molar-refractivity contribution is -0.697. The van der Waals surface area contributed by atoms with Crippen LogP contribution in [0.4, 0.5) is 0 Å². The topological polar surface area (TPSA) is 142 Å². The van der Waals surface area contributed by atoms with Gasteiger partial charge in [-0.3, -0.25) is 14.4 Å². The van der Waals surface area contributed by atoms with Crippen LogP contribution in [0, 0.1) is 5.41 Å². The van der Waals surface area contributed by atoms with E-state index in [1.54, 1.807) is 34.6 Å². The van der Waals surface area contributed by atoms with Gasteiger partial charge in [-0.25, -0.2) is 4.57 Å². The third kappa shape index (κ3) is 23.9. The van der Waals surface area contributed by atoms with Crippen LogP contribution in [0.15, 0.2) is 140 Å². The smallest absolute Gasteiger partial charge is 0.322 e. The fraction of sp³-hybridized carbons (Fsp3) is 0.418. The molecule has 0 spiro atoms. The van der Waals surface area contributed by atoms with Crippen LogP contribution in [0.1, 0.15) is 82.6 Å². The van der Waals surface area contributed by atoms with Gasteiger partial charge < -0.3 is 50.9 Å². The van der Waals surface area contributed by atoms with Crippen molar-refractivity contribution < 1.29 is 69.8 Å². The van der Waals surface area contributed by atoms with E-state index in [1.807, 2.05) is 144 Å².